The summed E-state index contributed by atoms with van der Waals surface area (Å²) in [5.74, 6) is 1.01. The summed E-state index contributed by atoms with van der Waals surface area (Å²) in [5.41, 5.74) is 2.39. The minimum absolute atomic E-state index is 0.147. The lowest BCUT2D eigenvalue weighted by molar-refractivity contribution is -0.205. The Balaban J connectivity index is 1.77. The molecule has 5 heteroatoms. The Morgan fingerprint density at radius 1 is 1.18 bits per heavy atom. The predicted octanol–water partition coefficient (Wildman–Crippen LogP) is 4.34. The van der Waals surface area contributed by atoms with Gasteiger partial charge in [0.1, 0.15) is 5.75 Å². The van der Waals surface area contributed by atoms with Crippen LogP contribution < -0.4 is 4.74 Å². The molecule has 1 aliphatic heterocycles. The van der Waals surface area contributed by atoms with Crippen molar-refractivity contribution in [2.24, 2.45) is 5.92 Å². The van der Waals surface area contributed by atoms with Gasteiger partial charge >= 0.3 is 0 Å². The van der Waals surface area contributed by atoms with Crippen LogP contribution in [0.3, 0.4) is 0 Å². The Morgan fingerprint density at radius 3 is 2.64 bits per heavy atom. The third-order valence-corrected chi connectivity index (χ3v) is 5.74. The normalized spacial score (nSPS) is 25.5. The van der Waals surface area contributed by atoms with E-state index in [4.69, 9.17) is 9.47 Å². The van der Waals surface area contributed by atoms with E-state index in [2.05, 4.69) is 42.9 Å². The molecule has 4 atom stereocenters. The van der Waals surface area contributed by atoms with Crippen molar-refractivity contribution in [1.82, 2.24) is 9.88 Å². The van der Waals surface area contributed by atoms with Gasteiger partial charge in [0, 0.05) is 29.6 Å². The second kappa shape index (κ2) is 9.77. The Kier molecular flexibility index (Phi) is 7.38. The quantitative estimate of drug-likeness (QED) is 0.671. The van der Waals surface area contributed by atoms with E-state index in [0.29, 0.717) is 6.42 Å². The largest absolute Gasteiger partial charge is 0.464 e. The zero-order valence-corrected chi connectivity index (χ0v) is 17.8. The monoisotopic (exact) mass is 388 g/mol. The molecule has 1 aromatic carbocycles. The minimum atomic E-state index is -0.420. The fraction of sp³-hybridized carbons (Fsp3) is 0.652. The molecule has 1 fully saturated rings. The number of nitrogens with zero attached hydrogens (tertiary/aromatic N) is 1. The van der Waals surface area contributed by atoms with E-state index >= 15 is 0 Å². The highest BCUT2D eigenvalue weighted by atomic mass is 16.7. The van der Waals surface area contributed by atoms with Crippen LogP contribution in [0.25, 0.3) is 10.9 Å². The number of H-pyrrole nitrogens is 1. The van der Waals surface area contributed by atoms with Crippen LogP contribution in [0.4, 0.5) is 0 Å². The molecule has 0 amide bonds. The Labute approximate surface area is 169 Å². The molecule has 0 unspecified atom stereocenters. The summed E-state index contributed by atoms with van der Waals surface area (Å²) < 4.78 is 12.3. The van der Waals surface area contributed by atoms with Crippen molar-refractivity contribution in [3.05, 3.63) is 30.0 Å². The second-order valence-electron chi connectivity index (χ2n) is 8.19. The van der Waals surface area contributed by atoms with Gasteiger partial charge in [-0.2, -0.15) is 0 Å². The molecule has 1 aliphatic rings. The standard InChI is InChI=1S/C23H36N2O3/c1-5-11-25(12-6-2)13-10-18-15-24-19-8-7-9-21(22(18)19)28-23-16(3)14-20(26)17(4)27-23/h7-9,15-17,20,23-24,26H,5-6,10-14H2,1-4H3/t16-,17-,20+,23-/m1/s1. The summed E-state index contributed by atoms with van der Waals surface area (Å²) in [6, 6.07) is 6.14. The van der Waals surface area contributed by atoms with Crippen LogP contribution in [0.2, 0.25) is 0 Å². The number of benzene rings is 1. The van der Waals surface area contributed by atoms with Crippen LogP contribution in [0.15, 0.2) is 24.4 Å². The van der Waals surface area contributed by atoms with E-state index in [1.807, 2.05) is 19.1 Å². The molecule has 0 radical (unpaired) electrons. The summed E-state index contributed by atoms with van der Waals surface area (Å²) in [7, 11) is 0. The number of aromatic nitrogens is 1. The van der Waals surface area contributed by atoms with E-state index in [1.54, 1.807) is 0 Å². The average Bonchev–Trinajstić information content (AvgIpc) is 3.09. The fourth-order valence-corrected chi connectivity index (χ4v) is 4.15. The summed E-state index contributed by atoms with van der Waals surface area (Å²) in [6.45, 7) is 11.8. The summed E-state index contributed by atoms with van der Waals surface area (Å²) in [4.78, 5) is 5.94. The maximum atomic E-state index is 10.0. The number of nitrogens with one attached hydrogen (secondary N) is 1. The van der Waals surface area contributed by atoms with Crippen LogP contribution in [-0.4, -0.2) is 53.1 Å². The Morgan fingerprint density at radius 2 is 1.93 bits per heavy atom. The molecule has 2 N–H and O–H groups in total. The molecule has 5 nitrogen and oxygen atoms in total. The summed E-state index contributed by atoms with van der Waals surface area (Å²) in [5, 5.41) is 11.2. The van der Waals surface area contributed by atoms with E-state index in [0.717, 1.165) is 42.7 Å². The number of ether oxygens (including phenoxy) is 2. The first kappa shape index (κ1) is 21.2. The lowest BCUT2D eigenvalue weighted by Gasteiger charge is -2.36. The van der Waals surface area contributed by atoms with Gasteiger partial charge in [0.15, 0.2) is 0 Å². The molecular weight excluding hydrogens is 352 g/mol. The van der Waals surface area contributed by atoms with Crippen LogP contribution in [0.1, 0.15) is 52.5 Å². The van der Waals surface area contributed by atoms with Crippen molar-refractivity contribution in [3.8, 4) is 5.75 Å². The van der Waals surface area contributed by atoms with Crippen molar-refractivity contribution in [1.29, 1.82) is 0 Å². The van der Waals surface area contributed by atoms with Gasteiger partial charge in [-0.25, -0.2) is 0 Å². The SMILES string of the molecule is CCCN(CCC)CCc1c[nH]c2cccc(O[C@H]3O[C@H](C)[C@@H](O)C[C@H]3C)c12. The van der Waals surface area contributed by atoms with E-state index < -0.39 is 6.10 Å². The molecule has 0 bridgehead atoms. The Hall–Kier alpha value is -1.56. The van der Waals surface area contributed by atoms with Crippen LogP contribution in [0.5, 0.6) is 5.75 Å². The minimum Gasteiger partial charge on any atom is -0.464 e. The third-order valence-electron chi connectivity index (χ3n) is 5.74. The van der Waals surface area contributed by atoms with Gasteiger partial charge in [-0.1, -0.05) is 26.8 Å². The summed E-state index contributed by atoms with van der Waals surface area (Å²) in [6.07, 6.45) is 5.22. The van der Waals surface area contributed by atoms with Crippen molar-refractivity contribution < 1.29 is 14.6 Å². The molecule has 2 aromatic rings. The molecule has 1 saturated heterocycles. The van der Waals surface area contributed by atoms with Crippen molar-refractivity contribution >= 4 is 10.9 Å². The van der Waals surface area contributed by atoms with Crippen molar-refractivity contribution in [2.45, 2.75) is 71.9 Å². The molecule has 3 rings (SSSR count). The number of aromatic amines is 1. The number of hydrogen-bond donors (Lipinski definition) is 2. The fourth-order valence-electron chi connectivity index (χ4n) is 4.15. The zero-order chi connectivity index (χ0) is 20.1. The van der Waals surface area contributed by atoms with Crippen LogP contribution in [0, 0.1) is 5.92 Å². The maximum absolute atomic E-state index is 10.0. The molecule has 0 aliphatic carbocycles. The molecule has 2 heterocycles. The zero-order valence-electron chi connectivity index (χ0n) is 17.8. The summed E-state index contributed by atoms with van der Waals surface area (Å²) >= 11 is 0. The number of aliphatic hydroxyl groups excluding tert-OH is 1. The van der Waals surface area contributed by atoms with Gasteiger partial charge in [0.05, 0.1) is 12.2 Å². The molecule has 0 spiro atoms. The highest BCUT2D eigenvalue weighted by Crippen LogP contribution is 2.33. The van der Waals surface area contributed by atoms with Gasteiger partial charge in [-0.3, -0.25) is 0 Å². The van der Waals surface area contributed by atoms with Gasteiger partial charge in [0.25, 0.3) is 0 Å². The first-order valence-corrected chi connectivity index (χ1v) is 10.8. The van der Waals surface area contributed by atoms with Gasteiger partial charge < -0.3 is 24.5 Å². The van der Waals surface area contributed by atoms with Gasteiger partial charge in [0.2, 0.25) is 6.29 Å². The Bertz CT molecular complexity index is 739. The smallest absolute Gasteiger partial charge is 0.202 e. The molecular formula is C23H36N2O3. The van der Waals surface area contributed by atoms with E-state index in [-0.39, 0.29) is 18.3 Å². The maximum Gasteiger partial charge on any atom is 0.202 e. The molecule has 28 heavy (non-hydrogen) atoms. The van der Waals surface area contributed by atoms with E-state index in [9.17, 15) is 5.11 Å². The van der Waals surface area contributed by atoms with Crippen molar-refractivity contribution in [2.75, 3.05) is 19.6 Å². The molecule has 1 aromatic heterocycles. The topological polar surface area (TPSA) is 57.7 Å². The number of fused-ring (bicyclic) bond motifs is 1. The van der Waals surface area contributed by atoms with Gasteiger partial charge in [-0.15, -0.1) is 0 Å². The first-order chi connectivity index (χ1) is 13.5. The lowest BCUT2D eigenvalue weighted by Crippen LogP contribution is -2.44. The number of rotatable bonds is 9. The van der Waals surface area contributed by atoms with Crippen LogP contribution >= 0.6 is 0 Å². The first-order valence-electron chi connectivity index (χ1n) is 10.8. The highest BCUT2D eigenvalue weighted by Gasteiger charge is 2.34. The highest BCUT2D eigenvalue weighted by molar-refractivity contribution is 5.89. The van der Waals surface area contributed by atoms with Gasteiger partial charge in [-0.05, 0) is 63.4 Å². The second-order valence-corrected chi connectivity index (χ2v) is 8.19. The molecule has 0 saturated carbocycles. The predicted molar refractivity (Wildman–Crippen MR) is 114 cm³/mol. The number of aliphatic hydroxyl groups is 1. The molecule has 156 valence electrons. The average molecular weight is 389 g/mol. The van der Waals surface area contributed by atoms with Crippen LogP contribution in [-0.2, 0) is 11.2 Å². The van der Waals surface area contributed by atoms with Crippen molar-refractivity contribution in [3.63, 3.8) is 0 Å². The number of hydrogen-bond acceptors (Lipinski definition) is 4. The van der Waals surface area contributed by atoms with E-state index in [1.165, 1.54) is 18.4 Å². The lowest BCUT2D eigenvalue weighted by atomic mass is 9.96. The third kappa shape index (κ3) is 4.88.